The summed E-state index contributed by atoms with van der Waals surface area (Å²) in [7, 11) is 3.92. The summed E-state index contributed by atoms with van der Waals surface area (Å²) >= 11 is 1.32. The van der Waals surface area contributed by atoms with E-state index in [-0.39, 0.29) is 17.8 Å². The molecule has 4 rings (SSSR count). The quantitative estimate of drug-likeness (QED) is 0.377. The standard InChI is InChI=1S/C25H26FN5OS/c1-16(30(3)4)23-28-29-25(31(23)22-13-10-20(26)11-14-22)33-17(2)24(32)27-21-12-9-18-7-5-6-8-19(18)15-21/h5-17H,1-4H3,(H,27,32). The highest BCUT2D eigenvalue weighted by molar-refractivity contribution is 8.00. The lowest BCUT2D eigenvalue weighted by Gasteiger charge is -2.21. The molecule has 33 heavy (non-hydrogen) atoms. The SMILES string of the molecule is CC(Sc1nnc(C(C)N(C)C)n1-c1ccc(F)cc1)C(=O)Nc1ccc2ccccc2c1. The van der Waals surface area contributed by atoms with E-state index in [0.29, 0.717) is 5.16 Å². The molecule has 1 aromatic heterocycles. The summed E-state index contributed by atoms with van der Waals surface area (Å²) < 4.78 is 15.4. The molecule has 1 amide bonds. The second kappa shape index (κ2) is 9.72. The number of anilines is 1. The molecule has 3 aromatic carbocycles. The lowest BCUT2D eigenvalue weighted by atomic mass is 10.1. The number of fused-ring (bicyclic) bond motifs is 1. The van der Waals surface area contributed by atoms with Gasteiger partial charge in [0.2, 0.25) is 5.91 Å². The summed E-state index contributed by atoms with van der Waals surface area (Å²) in [6.45, 7) is 3.86. The zero-order chi connectivity index (χ0) is 23.5. The van der Waals surface area contributed by atoms with Crippen molar-refractivity contribution in [2.45, 2.75) is 30.3 Å². The van der Waals surface area contributed by atoms with Crippen molar-refractivity contribution in [1.29, 1.82) is 0 Å². The third-order valence-electron chi connectivity index (χ3n) is 5.56. The van der Waals surface area contributed by atoms with Crippen molar-refractivity contribution in [3.63, 3.8) is 0 Å². The van der Waals surface area contributed by atoms with Crippen molar-refractivity contribution >= 4 is 34.1 Å². The van der Waals surface area contributed by atoms with Gasteiger partial charge in [0.15, 0.2) is 11.0 Å². The number of nitrogens with zero attached hydrogens (tertiary/aromatic N) is 4. The first kappa shape index (κ1) is 22.9. The molecule has 0 fully saturated rings. The molecule has 0 aliphatic rings. The first-order valence-corrected chi connectivity index (χ1v) is 11.6. The number of benzene rings is 3. The Morgan fingerprint density at radius 3 is 2.39 bits per heavy atom. The molecule has 0 aliphatic heterocycles. The molecule has 1 heterocycles. The van der Waals surface area contributed by atoms with Crippen LogP contribution in [0, 0.1) is 5.82 Å². The van der Waals surface area contributed by atoms with Crippen molar-refractivity contribution in [1.82, 2.24) is 19.7 Å². The zero-order valence-electron chi connectivity index (χ0n) is 19.0. The molecule has 8 heteroatoms. The molecular formula is C25H26FN5OS. The lowest BCUT2D eigenvalue weighted by Crippen LogP contribution is -2.23. The van der Waals surface area contributed by atoms with Crippen LogP contribution in [0.15, 0.2) is 71.9 Å². The third kappa shape index (κ3) is 5.07. The van der Waals surface area contributed by atoms with Gasteiger partial charge in [-0.15, -0.1) is 10.2 Å². The molecule has 0 radical (unpaired) electrons. The summed E-state index contributed by atoms with van der Waals surface area (Å²) in [5.41, 5.74) is 1.49. The van der Waals surface area contributed by atoms with E-state index in [9.17, 15) is 9.18 Å². The number of aromatic nitrogens is 3. The maximum Gasteiger partial charge on any atom is 0.237 e. The number of thioether (sulfide) groups is 1. The van der Waals surface area contributed by atoms with Gasteiger partial charge in [-0.1, -0.05) is 42.1 Å². The van der Waals surface area contributed by atoms with Gasteiger partial charge >= 0.3 is 0 Å². The fourth-order valence-corrected chi connectivity index (χ4v) is 4.29. The Morgan fingerprint density at radius 2 is 1.70 bits per heavy atom. The molecule has 0 saturated carbocycles. The number of carbonyl (C=O) groups is 1. The minimum atomic E-state index is -0.428. The van der Waals surface area contributed by atoms with Crippen molar-refractivity contribution in [3.8, 4) is 5.69 Å². The van der Waals surface area contributed by atoms with Gasteiger partial charge in [-0.3, -0.25) is 14.3 Å². The average Bonchev–Trinajstić information content (AvgIpc) is 3.22. The number of nitrogens with one attached hydrogen (secondary N) is 1. The summed E-state index contributed by atoms with van der Waals surface area (Å²) in [6.07, 6.45) is 0. The van der Waals surface area contributed by atoms with Gasteiger partial charge in [0, 0.05) is 11.4 Å². The minimum Gasteiger partial charge on any atom is -0.325 e. The molecule has 0 saturated heterocycles. The van der Waals surface area contributed by atoms with Gasteiger partial charge in [0.05, 0.1) is 11.3 Å². The normalized spacial score (nSPS) is 13.3. The predicted molar refractivity (Wildman–Crippen MR) is 131 cm³/mol. The molecule has 2 atom stereocenters. The smallest absolute Gasteiger partial charge is 0.237 e. The maximum absolute atomic E-state index is 13.5. The fourth-order valence-electron chi connectivity index (χ4n) is 3.41. The average molecular weight is 464 g/mol. The van der Waals surface area contributed by atoms with E-state index in [1.54, 1.807) is 12.1 Å². The van der Waals surface area contributed by atoms with Crippen LogP contribution in [-0.2, 0) is 4.79 Å². The van der Waals surface area contributed by atoms with E-state index >= 15 is 0 Å². The van der Waals surface area contributed by atoms with Crippen molar-refractivity contribution in [2.24, 2.45) is 0 Å². The van der Waals surface area contributed by atoms with Gasteiger partial charge in [-0.2, -0.15) is 0 Å². The summed E-state index contributed by atoms with van der Waals surface area (Å²) in [4.78, 5) is 15.0. The van der Waals surface area contributed by atoms with Gasteiger partial charge in [-0.05, 0) is 75.1 Å². The van der Waals surface area contributed by atoms with Crippen LogP contribution < -0.4 is 5.32 Å². The van der Waals surface area contributed by atoms with Crippen LogP contribution in [0.1, 0.15) is 25.7 Å². The van der Waals surface area contributed by atoms with Crippen LogP contribution in [-0.4, -0.2) is 44.9 Å². The number of halogens is 1. The molecule has 0 aliphatic carbocycles. The monoisotopic (exact) mass is 463 g/mol. The summed E-state index contributed by atoms with van der Waals surface area (Å²) in [5, 5.41) is 14.1. The number of rotatable bonds is 7. The second-order valence-corrected chi connectivity index (χ2v) is 9.41. The van der Waals surface area contributed by atoms with E-state index in [0.717, 1.165) is 28.0 Å². The number of hydrogen-bond acceptors (Lipinski definition) is 5. The largest absolute Gasteiger partial charge is 0.325 e. The van der Waals surface area contributed by atoms with Crippen LogP contribution in [0.25, 0.3) is 16.5 Å². The Kier molecular flexibility index (Phi) is 6.76. The van der Waals surface area contributed by atoms with Crippen molar-refractivity contribution < 1.29 is 9.18 Å². The predicted octanol–water partition coefficient (Wildman–Crippen LogP) is 5.30. The Morgan fingerprint density at radius 1 is 1.00 bits per heavy atom. The van der Waals surface area contributed by atoms with Gasteiger partial charge in [-0.25, -0.2) is 4.39 Å². The van der Waals surface area contributed by atoms with Crippen LogP contribution in [0.5, 0.6) is 0 Å². The second-order valence-electron chi connectivity index (χ2n) is 8.10. The number of carbonyl (C=O) groups excluding carboxylic acids is 1. The van der Waals surface area contributed by atoms with Gasteiger partial charge in [0.25, 0.3) is 0 Å². The van der Waals surface area contributed by atoms with Crippen LogP contribution in [0.2, 0.25) is 0 Å². The Hall–Kier alpha value is -3.23. The van der Waals surface area contributed by atoms with E-state index in [2.05, 4.69) is 15.5 Å². The fraction of sp³-hybridized carbons (Fsp3) is 0.240. The molecule has 1 N–H and O–H groups in total. The Labute approximate surface area is 196 Å². The number of amides is 1. The van der Waals surface area contributed by atoms with E-state index in [1.807, 2.05) is 79.9 Å². The molecule has 0 spiro atoms. The zero-order valence-corrected chi connectivity index (χ0v) is 19.8. The minimum absolute atomic E-state index is 0.0290. The highest BCUT2D eigenvalue weighted by Gasteiger charge is 2.24. The van der Waals surface area contributed by atoms with Gasteiger partial charge < -0.3 is 5.32 Å². The maximum atomic E-state index is 13.5. The Bertz CT molecular complexity index is 1270. The third-order valence-corrected chi connectivity index (χ3v) is 6.60. The highest BCUT2D eigenvalue weighted by atomic mass is 32.2. The van der Waals surface area contributed by atoms with E-state index in [4.69, 9.17) is 0 Å². The van der Waals surface area contributed by atoms with Crippen LogP contribution in [0.3, 0.4) is 0 Å². The summed E-state index contributed by atoms with van der Waals surface area (Å²) in [6, 6.07) is 20.0. The summed E-state index contributed by atoms with van der Waals surface area (Å²) in [5.74, 6) is 0.272. The molecule has 170 valence electrons. The number of hydrogen-bond donors (Lipinski definition) is 1. The molecule has 2 unspecified atom stereocenters. The molecule has 6 nitrogen and oxygen atoms in total. The van der Waals surface area contributed by atoms with E-state index < -0.39 is 5.25 Å². The Balaban J connectivity index is 1.58. The topological polar surface area (TPSA) is 63.1 Å². The van der Waals surface area contributed by atoms with Crippen molar-refractivity contribution in [3.05, 3.63) is 78.4 Å². The van der Waals surface area contributed by atoms with Gasteiger partial charge in [0.1, 0.15) is 5.82 Å². The molecule has 0 bridgehead atoms. The van der Waals surface area contributed by atoms with E-state index in [1.165, 1.54) is 23.9 Å². The lowest BCUT2D eigenvalue weighted by molar-refractivity contribution is -0.115. The first-order chi connectivity index (χ1) is 15.8. The molecule has 4 aromatic rings. The first-order valence-electron chi connectivity index (χ1n) is 10.7. The molecular weight excluding hydrogens is 437 g/mol. The van der Waals surface area contributed by atoms with Crippen LogP contribution in [0.4, 0.5) is 10.1 Å². The highest BCUT2D eigenvalue weighted by Crippen LogP contribution is 2.30. The van der Waals surface area contributed by atoms with Crippen molar-refractivity contribution in [2.75, 3.05) is 19.4 Å². The van der Waals surface area contributed by atoms with Crippen LogP contribution >= 0.6 is 11.8 Å².